The lowest BCUT2D eigenvalue weighted by molar-refractivity contribution is -0.140. The van der Waals surface area contributed by atoms with E-state index in [2.05, 4.69) is 9.64 Å². The van der Waals surface area contributed by atoms with E-state index in [1.807, 2.05) is 56.5 Å². The van der Waals surface area contributed by atoms with Crippen molar-refractivity contribution in [2.45, 2.75) is 37.0 Å². The number of hydrogen-bond acceptors (Lipinski definition) is 7. The summed E-state index contributed by atoms with van der Waals surface area (Å²) in [4.78, 5) is 14.7. The molecule has 0 fully saturated rings. The van der Waals surface area contributed by atoms with Crippen LogP contribution < -0.4 is 9.64 Å². The third kappa shape index (κ3) is 5.66. The van der Waals surface area contributed by atoms with Gasteiger partial charge in [0.2, 0.25) is 5.83 Å². The molecule has 9 heteroatoms. The number of esters is 1. The predicted octanol–water partition coefficient (Wildman–Crippen LogP) is 6.84. The molecular formula is C24H30FNO5S2. The second-order valence-electron chi connectivity index (χ2n) is 8.17. The minimum Gasteiger partial charge on any atom is -0.461 e. The van der Waals surface area contributed by atoms with Crippen molar-refractivity contribution in [3.8, 4) is 5.75 Å². The summed E-state index contributed by atoms with van der Waals surface area (Å²) in [6.07, 6.45) is 3.29. The Kier molecular flexibility index (Phi) is 8.00. The van der Waals surface area contributed by atoms with Crippen LogP contribution in [0, 0.1) is 5.41 Å². The van der Waals surface area contributed by atoms with Gasteiger partial charge < -0.3 is 14.4 Å². The van der Waals surface area contributed by atoms with Crippen LogP contribution in [0.1, 0.15) is 27.2 Å². The van der Waals surface area contributed by atoms with E-state index in [0.717, 1.165) is 12.1 Å². The maximum absolute atomic E-state index is 14.0. The first-order valence-electron chi connectivity index (χ1n) is 10.6. The molecule has 2 N–H and O–H groups in total. The summed E-state index contributed by atoms with van der Waals surface area (Å²) in [5.41, 5.74) is 1.25. The van der Waals surface area contributed by atoms with Crippen LogP contribution in [0.25, 0.3) is 0 Å². The number of halogens is 1. The monoisotopic (exact) mass is 495 g/mol. The molecule has 6 nitrogen and oxygen atoms in total. The van der Waals surface area contributed by atoms with Gasteiger partial charge in [0.15, 0.2) is 0 Å². The maximum Gasteiger partial charge on any atom is 0.370 e. The van der Waals surface area contributed by atoms with E-state index in [1.165, 1.54) is 11.8 Å². The number of rotatable bonds is 7. The molecule has 1 unspecified atom stereocenters. The molecule has 0 spiro atoms. The molecule has 3 rings (SSSR count). The van der Waals surface area contributed by atoms with E-state index in [1.54, 1.807) is 13.0 Å². The van der Waals surface area contributed by atoms with E-state index in [0.29, 0.717) is 28.3 Å². The second kappa shape index (κ2) is 10.4. The molecule has 0 amide bonds. The van der Waals surface area contributed by atoms with Crippen LogP contribution in [0.2, 0.25) is 0 Å². The van der Waals surface area contributed by atoms with Crippen molar-refractivity contribution in [1.29, 1.82) is 0 Å². The van der Waals surface area contributed by atoms with E-state index < -0.39 is 22.4 Å². The van der Waals surface area contributed by atoms with Gasteiger partial charge in [-0.25, -0.2) is 4.79 Å². The van der Waals surface area contributed by atoms with E-state index in [-0.39, 0.29) is 23.5 Å². The van der Waals surface area contributed by atoms with Crippen molar-refractivity contribution in [1.82, 2.24) is 0 Å². The molecule has 1 heterocycles. The molecule has 1 atom stereocenters. The quantitative estimate of drug-likeness (QED) is 0.188. The predicted molar refractivity (Wildman–Crippen MR) is 133 cm³/mol. The number of ether oxygens (including phenoxy) is 2. The van der Waals surface area contributed by atoms with Crippen molar-refractivity contribution in [2.24, 2.45) is 5.41 Å². The standard InChI is InChI=1S/C24H30FNO5S2/c1-5-24(3)15-26(17-10-8-7-9-11-17)19-12-21(32-4)20(13-22(19)33(28,29)16-24)31-14-18(25)23(27)30-6-2/h7-14,28-29H,5-6,15-16H2,1-4H3/b18-14-. The summed E-state index contributed by atoms with van der Waals surface area (Å²) < 4.78 is 46.7. The Morgan fingerprint density at radius 3 is 2.58 bits per heavy atom. The third-order valence-electron chi connectivity index (χ3n) is 5.66. The lowest BCUT2D eigenvalue weighted by Crippen LogP contribution is -2.34. The fourth-order valence-electron chi connectivity index (χ4n) is 3.75. The Bertz CT molecular complexity index is 1030. The number of fused-ring (bicyclic) bond motifs is 1. The molecule has 180 valence electrons. The van der Waals surface area contributed by atoms with E-state index >= 15 is 0 Å². The van der Waals surface area contributed by atoms with E-state index in [9.17, 15) is 18.3 Å². The molecule has 2 aromatic rings. The summed E-state index contributed by atoms with van der Waals surface area (Å²) in [6.45, 7) is 6.31. The van der Waals surface area contributed by atoms with Crippen molar-refractivity contribution < 1.29 is 27.8 Å². The molecule has 2 aromatic carbocycles. The molecule has 0 saturated carbocycles. The van der Waals surface area contributed by atoms with Gasteiger partial charge in [0, 0.05) is 29.5 Å². The molecule has 0 aromatic heterocycles. The molecule has 0 aliphatic carbocycles. The van der Waals surface area contributed by atoms with Crippen molar-refractivity contribution in [2.75, 3.05) is 30.1 Å². The topological polar surface area (TPSA) is 79.2 Å². The normalized spacial score (nSPS) is 21.1. The van der Waals surface area contributed by atoms with Crippen molar-refractivity contribution >= 4 is 39.7 Å². The van der Waals surface area contributed by atoms with Crippen LogP contribution in [-0.4, -0.2) is 40.2 Å². The smallest absolute Gasteiger partial charge is 0.370 e. The van der Waals surface area contributed by atoms with Gasteiger partial charge in [-0.2, -0.15) is 15.0 Å². The van der Waals surface area contributed by atoms with Crippen LogP contribution in [0.5, 0.6) is 5.75 Å². The number of benzene rings is 2. The van der Waals surface area contributed by atoms with Crippen LogP contribution in [0.4, 0.5) is 15.8 Å². The van der Waals surface area contributed by atoms with Gasteiger partial charge in [-0.1, -0.05) is 32.0 Å². The second-order valence-corrected chi connectivity index (χ2v) is 11.1. The minimum atomic E-state index is -3.19. The Hall–Kier alpha value is -2.20. The third-order valence-corrected chi connectivity index (χ3v) is 8.55. The molecule has 0 bridgehead atoms. The van der Waals surface area contributed by atoms with Gasteiger partial charge in [0.05, 0.1) is 22.1 Å². The van der Waals surface area contributed by atoms with Crippen molar-refractivity contribution in [3.05, 3.63) is 54.6 Å². The van der Waals surface area contributed by atoms with E-state index in [4.69, 9.17) is 4.74 Å². The zero-order chi connectivity index (χ0) is 24.2. The Balaban J connectivity index is 2.14. The molecular weight excluding hydrogens is 465 g/mol. The Morgan fingerprint density at radius 1 is 1.27 bits per heavy atom. The highest BCUT2D eigenvalue weighted by Crippen LogP contribution is 2.61. The first-order chi connectivity index (χ1) is 15.6. The van der Waals surface area contributed by atoms with Crippen molar-refractivity contribution in [3.63, 3.8) is 0 Å². The first-order valence-corrected chi connectivity index (χ1v) is 13.6. The fraction of sp³-hybridized carbons (Fsp3) is 0.375. The average Bonchev–Trinajstić information content (AvgIpc) is 2.89. The lowest BCUT2D eigenvalue weighted by atomic mass is 9.89. The molecule has 1 aliphatic rings. The number of hydrogen-bond donors (Lipinski definition) is 2. The summed E-state index contributed by atoms with van der Waals surface area (Å²) in [5.74, 6) is -1.86. The van der Waals surface area contributed by atoms with Gasteiger partial charge in [0.1, 0.15) is 12.0 Å². The van der Waals surface area contributed by atoms with Gasteiger partial charge >= 0.3 is 5.97 Å². The number of nitrogens with zero attached hydrogens (tertiary/aromatic N) is 1. The SMILES string of the molecule is CCOC(=O)/C(F)=C/Oc1cc2c(cc1SC)N(c1ccccc1)CC(C)(CC)CS2(O)O. The minimum absolute atomic E-state index is 0.0431. The molecule has 0 radical (unpaired) electrons. The largest absolute Gasteiger partial charge is 0.461 e. The number of carbonyl (C=O) groups excluding carboxylic acids is 1. The highest BCUT2D eigenvalue weighted by Gasteiger charge is 2.39. The molecule has 33 heavy (non-hydrogen) atoms. The maximum atomic E-state index is 14.0. The average molecular weight is 496 g/mol. The number of para-hydroxylation sites is 1. The number of anilines is 2. The van der Waals surface area contributed by atoms with Crippen LogP contribution in [-0.2, 0) is 9.53 Å². The van der Waals surface area contributed by atoms with Gasteiger partial charge in [-0.15, -0.1) is 11.8 Å². The lowest BCUT2D eigenvalue weighted by Gasteiger charge is -2.38. The zero-order valence-electron chi connectivity index (χ0n) is 19.2. The van der Waals surface area contributed by atoms with Crippen LogP contribution in [0.3, 0.4) is 0 Å². The first kappa shape index (κ1) is 25.4. The highest BCUT2D eigenvalue weighted by atomic mass is 32.3. The summed E-state index contributed by atoms with van der Waals surface area (Å²) >= 11 is 1.37. The summed E-state index contributed by atoms with van der Waals surface area (Å²) in [6, 6.07) is 13.2. The highest BCUT2D eigenvalue weighted by molar-refractivity contribution is 8.24. The summed E-state index contributed by atoms with van der Waals surface area (Å²) in [7, 11) is -3.19. The summed E-state index contributed by atoms with van der Waals surface area (Å²) in [5, 5.41) is 0. The van der Waals surface area contributed by atoms with Crippen LogP contribution >= 0.6 is 22.4 Å². The fourth-order valence-corrected chi connectivity index (χ4v) is 6.51. The van der Waals surface area contributed by atoms with Gasteiger partial charge in [-0.05, 0) is 37.8 Å². The van der Waals surface area contributed by atoms with Crippen LogP contribution in [0.15, 0.2) is 64.3 Å². The number of thioether (sulfide) groups is 1. The number of carbonyl (C=O) groups is 1. The molecule has 0 saturated heterocycles. The molecule has 1 aliphatic heterocycles. The zero-order valence-corrected chi connectivity index (χ0v) is 20.8. The Morgan fingerprint density at radius 2 is 1.97 bits per heavy atom. The van der Waals surface area contributed by atoms with Gasteiger partial charge in [0.25, 0.3) is 0 Å². The van der Waals surface area contributed by atoms with Gasteiger partial charge in [-0.3, -0.25) is 9.11 Å². The Labute approximate surface area is 200 Å².